The Morgan fingerprint density at radius 1 is 1.00 bits per heavy atom. The van der Waals surface area contributed by atoms with Gasteiger partial charge in [0.25, 0.3) is 0 Å². The standard InChI is InChI=1S/C18H35N5O6S2/c1-10(24)14(18(28)29)23-17(27)12(5-3-4-7-19)22-16(26)13(6-8-31-2)21-15(25)11(20)9-30/h10-14,24,30H,3-9,19-20H2,1-2H3,(H,21,25)(H,22,26)(H,23,27)(H,28,29). The summed E-state index contributed by atoms with van der Waals surface area (Å²) in [6.45, 7) is 1.63. The molecule has 0 bridgehead atoms. The molecule has 0 aliphatic heterocycles. The predicted molar refractivity (Wildman–Crippen MR) is 123 cm³/mol. The highest BCUT2D eigenvalue weighted by Crippen LogP contribution is 2.06. The molecule has 9 N–H and O–H groups in total. The van der Waals surface area contributed by atoms with E-state index in [4.69, 9.17) is 11.5 Å². The Morgan fingerprint density at radius 3 is 2.03 bits per heavy atom. The summed E-state index contributed by atoms with van der Waals surface area (Å²) in [6.07, 6.45) is 2.13. The fraction of sp³-hybridized carbons (Fsp3) is 0.778. The number of hydrogen-bond donors (Lipinski definition) is 8. The molecule has 0 saturated heterocycles. The quantitative estimate of drug-likeness (QED) is 0.0911. The monoisotopic (exact) mass is 481 g/mol. The van der Waals surface area contributed by atoms with Crippen LogP contribution in [0.3, 0.4) is 0 Å². The molecule has 0 heterocycles. The smallest absolute Gasteiger partial charge is 0.328 e. The van der Waals surface area contributed by atoms with Gasteiger partial charge in [-0.15, -0.1) is 0 Å². The highest BCUT2D eigenvalue weighted by molar-refractivity contribution is 7.98. The van der Waals surface area contributed by atoms with Crippen molar-refractivity contribution in [2.24, 2.45) is 11.5 Å². The SMILES string of the molecule is CSCCC(NC(=O)C(N)CS)C(=O)NC(CCCCN)C(=O)NC(C(=O)O)C(C)O. The summed E-state index contributed by atoms with van der Waals surface area (Å²) in [7, 11) is 0. The van der Waals surface area contributed by atoms with Gasteiger partial charge in [0.15, 0.2) is 6.04 Å². The molecule has 13 heteroatoms. The Labute approximate surface area is 192 Å². The van der Waals surface area contributed by atoms with E-state index in [2.05, 4.69) is 28.6 Å². The maximum atomic E-state index is 12.8. The number of carboxylic acids is 1. The minimum absolute atomic E-state index is 0.0999. The Morgan fingerprint density at radius 2 is 1.55 bits per heavy atom. The van der Waals surface area contributed by atoms with Crippen LogP contribution in [0.2, 0.25) is 0 Å². The number of carboxylic acid groups (broad SMARTS) is 1. The topological polar surface area (TPSA) is 197 Å². The van der Waals surface area contributed by atoms with Crippen molar-refractivity contribution in [2.75, 3.05) is 24.3 Å². The van der Waals surface area contributed by atoms with Crippen molar-refractivity contribution in [1.82, 2.24) is 16.0 Å². The molecular formula is C18H35N5O6S2. The Kier molecular flexibility index (Phi) is 15.3. The van der Waals surface area contributed by atoms with E-state index in [1.807, 2.05) is 6.26 Å². The van der Waals surface area contributed by atoms with Gasteiger partial charge in [0.1, 0.15) is 12.1 Å². The van der Waals surface area contributed by atoms with Gasteiger partial charge in [-0.2, -0.15) is 24.4 Å². The normalized spacial score (nSPS) is 15.8. The molecule has 0 rings (SSSR count). The maximum Gasteiger partial charge on any atom is 0.328 e. The van der Waals surface area contributed by atoms with Crippen molar-refractivity contribution in [3.63, 3.8) is 0 Å². The molecule has 0 fully saturated rings. The molecule has 0 aromatic carbocycles. The van der Waals surface area contributed by atoms with Crippen molar-refractivity contribution in [3.8, 4) is 0 Å². The van der Waals surface area contributed by atoms with Crippen LogP contribution in [-0.4, -0.2) is 88.5 Å². The molecule has 5 atom stereocenters. The third-order valence-corrected chi connectivity index (χ3v) is 5.44. The molecule has 0 aromatic rings. The maximum absolute atomic E-state index is 12.8. The summed E-state index contributed by atoms with van der Waals surface area (Å²) in [5.74, 6) is -2.61. The molecule has 180 valence electrons. The van der Waals surface area contributed by atoms with Gasteiger partial charge in [0.2, 0.25) is 17.7 Å². The van der Waals surface area contributed by atoms with Crippen molar-refractivity contribution in [3.05, 3.63) is 0 Å². The highest BCUT2D eigenvalue weighted by atomic mass is 32.2. The van der Waals surface area contributed by atoms with Crippen LogP contribution >= 0.6 is 24.4 Å². The van der Waals surface area contributed by atoms with Gasteiger partial charge in [-0.25, -0.2) is 4.79 Å². The average molecular weight is 482 g/mol. The number of rotatable bonds is 16. The Balaban J connectivity index is 5.40. The number of amides is 3. The largest absolute Gasteiger partial charge is 0.480 e. The first-order valence-corrected chi connectivity index (χ1v) is 12.0. The van der Waals surface area contributed by atoms with Crippen LogP contribution in [0, 0.1) is 0 Å². The fourth-order valence-electron chi connectivity index (χ4n) is 2.54. The van der Waals surface area contributed by atoms with Crippen LogP contribution in [0.5, 0.6) is 0 Å². The third-order valence-electron chi connectivity index (χ3n) is 4.40. The molecule has 0 aliphatic rings. The van der Waals surface area contributed by atoms with Crippen LogP contribution in [0.1, 0.15) is 32.6 Å². The van der Waals surface area contributed by atoms with Gasteiger partial charge in [0, 0.05) is 5.75 Å². The van der Waals surface area contributed by atoms with Crippen LogP contribution in [0.25, 0.3) is 0 Å². The van der Waals surface area contributed by atoms with E-state index in [1.165, 1.54) is 18.7 Å². The summed E-state index contributed by atoms with van der Waals surface area (Å²) >= 11 is 5.45. The number of thioether (sulfide) groups is 1. The van der Waals surface area contributed by atoms with Crippen LogP contribution in [-0.2, 0) is 19.2 Å². The molecular weight excluding hydrogens is 446 g/mol. The molecule has 0 aliphatic carbocycles. The summed E-state index contributed by atoms with van der Waals surface area (Å²) in [5, 5.41) is 26.2. The zero-order chi connectivity index (χ0) is 24.0. The van der Waals surface area contributed by atoms with Gasteiger partial charge in [-0.05, 0) is 51.2 Å². The lowest BCUT2D eigenvalue weighted by atomic mass is 10.1. The molecule has 5 unspecified atom stereocenters. The third kappa shape index (κ3) is 11.6. The van der Waals surface area contributed by atoms with Crippen molar-refractivity contribution in [1.29, 1.82) is 0 Å². The molecule has 3 amide bonds. The fourth-order valence-corrected chi connectivity index (χ4v) is 3.18. The highest BCUT2D eigenvalue weighted by Gasteiger charge is 2.31. The minimum atomic E-state index is -1.53. The summed E-state index contributed by atoms with van der Waals surface area (Å²) in [6, 6.07) is -4.41. The van der Waals surface area contributed by atoms with E-state index in [0.717, 1.165) is 0 Å². The van der Waals surface area contributed by atoms with Gasteiger partial charge in [-0.1, -0.05) is 0 Å². The van der Waals surface area contributed by atoms with Gasteiger partial charge >= 0.3 is 5.97 Å². The first kappa shape index (κ1) is 29.5. The molecule has 0 radical (unpaired) electrons. The lowest BCUT2D eigenvalue weighted by Crippen LogP contribution is -2.58. The molecule has 0 spiro atoms. The molecule has 31 heavy (non-hydrogen) atoms. The van der Waals surface area contributed by atoms with Crippen LogP contribution in [0.4, 0.5) is 0 Å². The molecule has 11 nitrogen and oxygen atoms in total. The molecule has 0 saturated carbocycles. The number of hydrogen-bond acceptors (Lipinski definition) is 9. The second kappa shape index (κ2) is 16.1. The van der Waals surface area contributed by atoms with E-state index in [9.17, 15) is 29.4 Å². The van der Waals surface area contributed by atoms with Crippen LogP contribution in [0.15, 0.2) is 0 Å². The van der Waals surface area contributed by atoms with Gasteiger partial charge in [0.05, 0.1) is 12.1 Å². The first-order chi connectivity index (χ1) is 14.6. The lowest BCUT2D eigenvalue weighted by molar-refractivity contribution is -0.145. The Hall–Kier alpha value is -1.54. The minimum Gasteiger partial charge on any atom is -0.480 e. The van der Waals surface area contributed by atoms with Crippen molar-refractivity contribution < 1.29 is 29.4 Å². The van der Waals surface area contributed by atoms with Crippen molar-refractivity contribution in [2.45, 2.75) is 62.9 Å². The summed E-state index contributed by atoms with van der Waals surface area (Å²) in [4.78, 5) is 48.9. The number of carbonyl (C=O) groups excluding carboxylic acids is 3. The lowest BCUT2D eigenvalue weighted by Gasteiger charge is -2.25. The number of aliphatic hydroxyl groups excluding tert-OH is 1. The van der Waals surface area contributed by atoms with Gasteiger partial charge in [-0.3, -0.25) is 14.4 Å². The summed E-state index contributed by atoms with van der Waals surface area (Å²) < 4.78 is 0. The number of thiol groups is 1. The van der Waals surface area contributed by atoms with E-state index in [1.54, 1.807) is 0 Å². The second-order valence-electron chi connectivity index (χ2n) is 7.04. The molecule has 0 aromatic heterocycles. The zero-order valence-corrected chi connectivity index (χ0v) is 19.6. The number of aliphatic hydroxyl groups is 1. The zero-order valence-electron chi connectivity index (χ0n) is 17.9. The number of aliphatic carboxylic acids is 1. The van der Waals surface area contributed by atoms with E-state index in [-0.39, 0.29) is 12.2 Å². The van der Waals surface area contributed by atoms with Gasteiger partial charge < -0.3 is 37.6 Å². The number of unbranched alkanes of at least 4 members (excludes halogenated alkanes) is 1. The Bertz CT molecular complexity index is 596. The predicted octanol–water partition coefficient (Wildman–Crippen LogP) is -1.95. The number of carbonyl (C=O) groups is 4. The number of nitrogens with one attached hydrogen (secondary N) is 3. The number of nitrogens with two attached hydrogens (primary N) is 2. The van der Waals surface area contributed by atoms with Crippen molar-refractivity contribution >= 4 is 48.1 Å². The first-order valence-electron chi connectivity index (χ1n) is 9.96. The van der Waals surface area contributed by atoms with Crippen LogP contribution < -0.4 is 27.4 Å². The van der Waals surface area contributed by atoms with E-state index < -0.39 is 54.0 Å². The van der Waals surface area contributed by atoms with E-state index in [0.29, 0.717) is 31.6 Å². The average Bonchev–Trinajstić information content (AvgIpc) is 2.72. The summed E-state index contributed by atoms with van der Waals surface area (Å²) in [5.41, 5.74) is 11.1. The second-order valence-corrected chi connectivity index (χ2v) is 8.39. The van der Waals surface area contributed by atoms with E-state index >= 15 is 0 Å².